The van der Waals surface area contributed by atoms with Crippen molar-refractivity contribution in [3.05, 3.63) is 75.3 Å². The number of pyridine rings is 2. The summed E-state index contributed by atoms with van der Waals surface area (Å²) in [5.41, 5.74) is -0.325. The summed E-state index contributed by atoms with van der Waals surface area (Å²) in [7, 11) is 0. The van der Waals surface area contributed by atoms with Crippen molar-refractivity contribution < 1.29 is 13.6 Å². The Labute approximate surface area is 164 Å². The number of H-pyrrole nitrogens is 1. The van der Waals surface area contributed by atoms with E-state index in [-0.39, 0.29) is 22.4 Å². The van der Waals surface area contributed by atoms with E-state index in [2.05, 4.69) is 15.3 Å². The SMILES string of the molecule is CC(NC(=O)C1(c2cc3c(F)c(F)ccc3[nH]c2=O)CC1)c1ccc(C#N)cn1. The van der Waals surface area contributed by atoms with Crippen molar-refractivity contribution in [2.24, 2.45) is 0 Å². The Morgan fingerprint density at radius 3 is 2.69 bits per heavy atom. The van der Waals surface area contributed by atoms with Crippen molar-refractivity contribution in [2.45, 2.75) is 31.2 Å². The number of hydrogen-bond acceptors (Lipinski definition) is 4. The van der Waals surface area contributed by atoms with Gasteiger partial charge in [0.25, 0.3) is 5.56 Å². The molecule has 29 heavy (non-hydrogen) atoms. The van der Waals surface area contributed by atoms with Crippen molar-refractivity contribution in [1.82, 2.24) is 15.3 Å². The molecule has 0 bridgehead atoms. The van der Waals surface area contributed by atoms with Gasteiger partial charge in [-0.3, -0.25) is 14.6 Å². The van der Waals surface area contributed by atoms with Gasteiger partial charge in [0.1, 0.15) is 6.07 Å². The fourth-order valence-corrected chi connectivity index (χ4v) is 3.45. The van der Waals surface area contributed by atoms with Crippen molar-refractivity contribution in [1.29, 1.82) is 5.26 Å². The Balaban J connectivity index is 1.65. The molecule has 2 aromatic heterocycles. The molecule has 4 rings (SSSR count). The third-order valence-electron chi connectivity index (χ3n) is 5.32. The zero-order valence-electron chi connectivity index (χ0n) is 15.4. The number of fused-ring (bicyclic) bond motifs is 1. The number of hydrogen-bond donors (Lipinski definition) is 2. The predicted molar refractivity (Wildman–Crippen MR) is 101 cm³/mol. The van der Waals surface area contributed by atoms with Gasteiger partial charge in [0.2, 0.25) is 5.91 Å². The molecule has 3 aromatic rings. The normalized spacial score (nSPS) is 15.5. The lowest BCUT2D eigenvalue weighted by Gasteiger charge is -2.19. The molecule has 1 amide bonds. The molecule has 1 aliphatic rings. The van der Waals surface area contributed by atoms with Crippen LogP contribution in [0, 0.1) is 23.0 Å². The van der Waals surface area contributed by atoms with E-state index in [0.29, 0.717) is 24.1 Å². The molecule has 1 atom stereocenters. The van der Waals surface area contributed by atoms with Crippen LogP contribution in [0.25, 0.3) is 10.9 Å². The summed E-state index contributed by atoms with van der Waals surface area (Å²) >= 11 is 0. The third-order valence-corrected chi connectivity index (χ3v) is 5.32. The van der Waals surface area contributed by atoms with Gasteiger partial charge in [-0.05, 0) is 50.1 Å². The van der Waals surface area contributed by atoms with E-state index in [1.54, 1.807) is 19.1 Å². The number of carbonyl (C=O) groups excluding carboxylic acids is 1. The van der Waals surface area contributed by atoms with Crippen molar-refractivity contribution in [2.75, 3.05) is 0 Å². The van der Waals surface area contributed by atoms with Gasteiger partial charge >= 0.3 is 0 Å². The van der Waals surface area contributed by atoms with Gasteiger partial charge in [-0.25, -0.2) is 8.78 Å². The number of amides is 1. The second-order valence-electron chi connectivity index (χ2n) is 7.20. The lowest BCUT2D eigenvalue weighted by molar-refractivity contribution is -0.124. The van der Waals surface area contributed by atoms with Crippen LogP contribution in [0.3, 0.4) is 0 Å². The Morgan fingerprint density at radius 1 is 1.31 bits per heavy atom. The molecule has 146 valence electrons. The molecule has 8 heteroatoms. The van der Waals surface area contributed by atoms with Crippen molar-refractivity contribution in [3.8, 4) is 6.07 Å². The fourth-order valence-electron chi connectivity index (χ4n) is 3.45. The maximum absolute atomic E-state index is 14.2. The van der Waals surface area contributed by atoms with Gasteiger partial charge in [0, 0.05) is 17.1 Å². The molecule has 0 aliphatic heterocycles. The number of halogens is 2. The zero-order valence-corrected chi connectivity index (χ0v) is 15.4. The minimum Gasteiger partial charge on any atom is -0.347 e. The number of nitriles is 1. The number of nitrogens with one attached hydrogen (secondary N) is 2. The van der Waals surface area contributed by atoms with Crippen LogP contribution in [-0.2, 0) is 10.2 Å². The summed E-state index contributed by atoms with van der Waals surface area (Å²) in [5, 5.41) is 11.6. The first kappa shape index (κ1) is 18.7. The Hall–Kier alpha value is -3.60. The maximum Gasteiger partial charge on any atom is 0.252 e. The maximum atomic E-state index is 14.2. The highest BCUT2D eigenvalue weighted by Gasteiger charge is 2.53. The standard InChI is InChI=1S/C21H16F2N4O2/c1-11(16-4-2-12(9-24)10-25-16)26-20(29)21(6-7-21)14-8-13-17(27-19(14)28)5-3-15(22)18(13)23/h2-5,8,10-11H,6-7H2,1H3,(H,26,29)(H,27,28). The first-order valence-electron chi connectivity index (χ1n) is 9.04. The number of benzene rings is 1. The summed E-state index contributed by atoms with van der Waals surface area (Å²) in [6, 6.07) is 8.26. The average molecular weight is 394 g/mol. The van der Waals surface area contributed by atoms with Gasteiger partial charge in [0.05, 0.1) is 28.2 Å². The minimum atomic E-state index is -1.08. The molecule has 6 nitrogen and oxygen atoms in total. The molecule has 1 fully saturated rings. The van der Waals surface area contributed by atoms with E-state index in [4.69, 9.17) is 5.26 Å². The van der Waals surface area contributed by atoms with Crippen molar-refractivity contribution >= 4 is 16.8 Å². The molecule has 0 saturated heterocycles. The van der Waals surface area contributed by atoms with E-state index < -0.39 is 28.7 Å². The molecule has 2 heterocycles. The summed E-state index contributed by atoms with van der Waals surface area (Å²) in [4.78, 5) is 32.2. The second kappa shape index (κ2) is 6.78. The molecule has 1 aliphatic carbocycles. The first-order valence-corrected chi connectivity index (χ1v) is 9.04. The molecule has 1 saturated carbocycles. The summed E-state index contributed by atoms with van der Waals surface area (Å²) < 4.78 is 27.8. The van der Waals surface area contributed by atoms with Crippen LogP contribution in [0.15, 0.2) is 41.3 Å². The molecular weight excluding hydrogens is 378 g/mol. The van der Waals surface area contributed by atoms with Gasteiger partial charge in [-0.15, -0.1) is 0 Å². The Kier molecular flexibility index (Phi) is 4.38. The molecule has 0 spiro atoms. The van der Waals surface area contributed by atoms with Crippen LogP contribution in [0.2, 0.25) is 0 Å². The molecular formula is C21H16F2N4O2. The monoisotopic (exact) mass is 394 g/mol. The van der Waals surface area contributed by atoms with Crippen LogP contribution in [0.4, 0.5) is 8.78 Å². The highest BCUT2D eigenvalue weighted by atomic mass is 19.2. The lowest BCUT2D eigenvalue weighted by atomic mass is 9.94. The largest absolute Gasteiger partial charge is 0.347 e. The van der Waals surface area contributed by atoms with E-state index in [1.165, 1.54) is 18.3 Å². The highest BCUT2D eigenvalue weighted by Crippen LogP contribution is 2.48. The van der Waals surface area contributed by atoms with Crippen LogP contribution >= 0.6 is 0 Å². The number of aromatic amines is 1. The van der Waals surface area contributed by atoms with Crippen molar-refractivity contribution in [3.63, 3.8) is 0 Å². The van der Waals surface area contributed by atoms with Crippen LogP contribution in [-0.4, -0.2) is 15.9 Å². The summed E-state index contributed by atoms with van der Waals surface area (Å²) in [5.74, 6) is -2.46. The smallest absolute Gasteiger partial charge is 0.252 e. The second-order valence-corrected chi connectivity index (χ2v) is 7.20. The number of carbonyl (C=O) groups is 1. The van der Waals surface area contributed by atoms with Gasteiger partial charge in [-0.2, -0.15) is 5.26 Å². The third kappa shape index (κ3) is 3.14. The van der Waals surface area contributed by atoms with Crippen LogP contribution in [0.5, 0.6) is 0 Å². The van der Waals surface area contributed by atoms with Gasteiger partial charge < -0.3 is 10.3 Å². The van der Waals surface area contributed by atoms with E-state index in [0.717, 1.165) is 6.07 Å². The molecule has 2 N–H and O–H groups in total. The number of rotatable bonds is 4. The Morgan fingerprint density at radius 2 is 2.07 bits per heavy atom. The Bertz CT molecular complexity index is 1220. The lowest BCUT2D eigenvalue weighted by Crippen LogP contribution is -2.39. The molecule has 1 unspecified atom stereocenters. The van der Waals surface area contributed by atoms with E-state index >= 15 is 0 Å². The average Bonchev–Trinajstić information content (AvgIpc) is 3.52. The summed E-state index contributed by atoms with van der Waals surface area (Å²) in [6.45, 7) is 1.74. The van der Waals surface area contributed by atoms with Gasteiger partial charge in [0.15, 0.2) is 11.6 Å². The van der Waals surface area contributed by atoms with E-state index in [9.17, 15) is 18.4 Å². The summed E-state index contributed by atoms with van der Waals surface area (Å²) in [6.07, 6.45) is 2.27. The molecule has 0 radical (unpaired) electrons. The quantitative estimate of drug-likeness (QED) is 0.711. The minimum absolute atomic E-state index is 0.0690. The predicted octanol–water partition coefficient (Wildman–Crippen LogP) is 2.98. The number of aromatic nitrogens is 2. The fraction of sp³-hybridized carbons (Fsp3) is 0.238. The first-order chi connectivity index (χ1) is 13.9. The van der Waals surface area contributed by atoms with Crippen LogP contribution in [0.1, 0.15) is 42.6 Å². The number of nitrogens with zero attached hydrogens (tertiary/aromatic N) is 2. The highest BCUT2D eigenvalue weighted by molar-refractivity contribution is 5.93. The van der Waals surface area contributed by atoms with E-state index in [1.807, 2.05) is 6.07 Å². The topological polar surface area (TPSA) is 98.6 Å². The van der Waals surface area contributed by atoms with Crippen LogP contribution < -0.4 is 10.9 Å². The molecule has 1 aromatic carbocycles. The van der Waals surface area contributed by atoms with Gasteiger partial charge in [-0.1, -0.05) is 0 Å². The zero-order chi connectivity index (χ0) is 20.8.